The molecule has 1 aromatic carbocycles. The molecule has 1 N–H and O–H groups in total. The molecule has 2 atom stereocenters. The lowest BCUT2D eigenvalue weighted by molar-refractivity contribution is -0.0502. The van der Waals surface area contributed by atoms with Gasteiger partial charge in [0.1, 0.15) is 0 Å². The van der Waals surface area contributed by atoms with E-state index in [4.69, 9.17) is 14.2 Å². The standard InChI is InChI=1S/C20H32N4O3/c1-21-20(22-8-10-26-13-12-25-2)24-15-18-19(16-24)27-11-9-23(18)14-17-6-4-3-5-7-17/h3-7,18-19H,8-16H2,1-2H3,(H,21,22). The molecule has 7 nitrogen and oxygen atoms in total. The van der Waals surface area contributed by atoms with E-state index in [1.807, 2.05) is 7.05 Å². The molecule has 2 unspecified atom stereocenters. The van der Waals surface area contributed by atoms with Crippen LogP contribution in [0.3, 0.4) is 0 Å². The highest BCUT2D eigenvalue weighted by Crippen LogP contribution is 2.24. The summed E-state index contributed by atoms with van der Waals surface area (Å²) < 4.78 is 16.6. The van der Waals surface area contributed by atoms with Crippen molar-refractivity contribution in [2.24, 2.45) is 4.99 Å². The van der Waals surface area contributed by atoms with Gasteiger partial charge in [0.15, 0.2) is 5.96 Å². The second-order valence-electron chi connectivity index (χ2n) is 6.92. The van der Waals surface area contributed by atoms with Crippen LogP contribution >= 0.6 is 0 Å². The number of nitrogens with one attached hydrogen (secondary N) is 1. The van der Waals surface area contributed by atoms with E-state index in [-0.39, 0.29) is 6.10 Å². The molecule has 2 fully saturated rings. The van der Waals surface area contributed by atoms with Gasteiger partial charge in [0.25, 0.3) is 0 Å². The van der Waals surface area contributed by atoms with Gasteiger partial charge in [-0.25, -0.2) is 0 Å². The highest BCUT2D eigenvalue weighted by Gasteiger charge is 2.41. The highest BCUT2D eigenvalue weighted by atomic mass is 16.5. The van der Waals surface area contributed by atoms with Crippen molar-refractivity contribution in [3.05, 3.63) is 35.9 Å². The van der Waals surface area contributed by atoms with Crippen LogP contribution in [0.15, 0.2) is 35.3 Å². The zero-order chi connectivity index (χ0) is 18.9. The smallest absolute Gasteiger partial charge is 0.193 e. The Labute approximate surface area is 162 Å². The van der Waals surface area contributed by atoms with Crippen LogP contribution in [0.4, 0.5) is 0 Å². The minimum atomic E-state index is 0.235. The van der Waals surface area contributed by atoms with E-state index >= 15 is 0 Å². The van der Waals surface area contributed by atoms with Gasteiger partial charge in [-0.3, -0.25) is 9.89 Å². The van der Waals surface area contributed by atoms with Crippen LogP contribution in [0.5, 0.6) is 0 Å². The van der Waals surface area contributed by atoms with Crippen molar-refractivity contribution in [3.8, 4) is 0 Å². The maximum absolute atomic E-state index is 6.06. The van der Waals surface area contributed by atoms with Gasteiger partial charge in [-0.15, -0.1) is 0 Å². The molecule has 0 amide bonds. The van der Waals surface area contributed by atoms with Gasteiger partial charge in [0.05, 0.1) is 38.6 Å². The van der Waals surface area contributed by atoms with Crippen LogP contribution in [0.2, 0.25) is 0 Å². The second kappa shape index (κ2) is 10.6. The van der Waals surface area contributed by atoms with Crippen molar-refractivity contribution in [2.75, 3.05) is 66.8 Å². The summed E-state index contributed by atoms with van der Waals surface area (Å²) in [4.78, 5) is 9.29. The largest absolute Gasteiger partial charge is 0.382 e. The average Bonchev–Trinajstić information content (AvgIpc) is 3.13. The first-order valence-electron chi connectivity index (χ1n) is 9.73. The van der Waals surface area contributed by atoms with Crippen LogP contribution in [0.1, 0.15) is 5.56 Å². The summed E-state index contributed by atoms with van der Waals surface area (Å²) in [7, 11) is 3.51. The summed E-state index contributed by atoms with van der Waals surface area (Å²) in [6, 6.07) is 11.1. The normalized spacial score (nSPS) is 23.5. The molecule has 0 spiro atoms. The monoisotopic (exact) mass is 376 g/mol. The molecule has 7 heteroatoms. The SMILES string of the molecule is CN=C(NCCOCCOC)N1CC2OCCN(Cc3ccccc3)C2C1. The number of likely N-dealkylation sites (tertiary alicyclic amines) is 1. The lowest BCUT2D eigenvalue weighted by atomic mass is 10.1. The van der Waals surface area contributed by atoms with Crippen molar-refractivity contribution in [1.29, 1.82) is 0 Å². The molecule has 2 saturated heterocycles. The van der Waals surface area contributed by atoms with E-state index in [1.54, 1.807) is 7.11 Å². The Morgan fingerprint density at radius 1 is 1.22 bits per heavy atom. The predicted octanol–water partition coefficient (Wildman–Crippen LogP) is 0.810. The summed E-state index contributed by atoms with van der Waals surface area (Å²) in [5.74, 6) is 0.919. The molecular formula is C20H32N4O3. The Balaban J connectivity index is 1.50. The number of guanidine groups is 1. The van der Waals surface area contributed by atoms with E-state index in [0.717, 1.165) is 45.3 Å². The van der Waals surface area contributed by atoms with Crippen molar-refractivity contribution >= 4 is 5.96 Å². The first-order valence-corrected chi connectivity index (χ1v) is 9.73. The number of nitrogens with zero attached hydrogens (tertiary/aromatic N) is 3. The third-order valence-corrected chi connectivity index (χ3v) is 5.12. The molecule has 2 aliphatic rings. The van der Waals surface area contributed by atoms with Gasteiger partial charge in [-0.1, -0.05) is 30.3 Å². The third-order valence-electron chi connectivity index (χ3n) is 5.12. The molecule has 0 radical (unpaired) electrons. The molecule has 27 heavy (non-hydrogen) atoms. The van der Waals surface area contributed by atoms with Gasteiger partial charge in [0.2, 0.25) is 0 Å². The summed E-state index contributed by atoms with van der Waals surface area (Å²) in [6.07, 6.45) is 0.235. The summed E-state index contributed by atoms with van der Waals surface area (Å²) in [5.41, 5.74) is 1.35. The lowest BCUT2D eigenvalue weighted by Crippen LogP contribution is -2.50. The van der Waals surface area contributed by atoms with Gasteiger partial charge >= 0.3 is 0 Å². The number of aliphatic imine (C=N–C) groups is 1. The molecule has 0 saturated carbocycles. The zero-order valence-corrected chi connectivity index (χ0v) is 16.5. The number of benzene rings is 1. The number of fused-ring (bicyclic) bond motifs is 1. The Hall–Kier alpha value is -1.67. The number of rotatable bonds is 8. The summed E-state index contributed by atoms with van der Waals surface area (Å²) >= 11 is 0. The summed E-state index contributed by atoms with van der Waals surface area (Å²) in [5, 5.41) is 3.40. The van der Waals surface area contributed by atoms with Crippen LogP contribution in [0.25, 0.3) is 0 Å². The van der Waals surface area contributed by atoms with E-state index < -0.39 is 0 Å². The lowest BCUT2D eigenvalue weighted by Gasteiger charge is -2.36. The van der Waals surface area contributed by atoms with E-state index in [0.29, 0.717) is 25.9 Å². The molecule has 1 aromatic rings. The number of hydrogen-bond acceptors (Lipinski definition) is 5. The van der Waals surface area contributed by atoms with E-state index in [1.165, 1.54) is 5.56 Å². The van der Waals surface area contributed by atoms with Crippen molar-refractivity contribution < 1.29 is 14.2 Å². The number of ether oxygens (including phenoxy) is 3. The van der Waals surface area contributed by atoms with Gasteiger partial charge in [0, 0.05) is 46.9 Å². The first kappa shape index (κ1) is 20.1. The Morgan fingerprint density at radius 3 is 2.85 bits per heavy atom. The van der Waals surface area contributed by atoms with Gasteiger partial charge in [-0.2, -0.15) is 0 Å². The third kappa shape index (κ3) is 5.65. The van der Waals surface area contributed by atoms with Gasteiger partial charge in [-0.05, 0) is 5.56 Å². The van der Waals surface area contributed by atoms with Crippen LogP contribution in [-0.4, -0.2) is 94.7 Å². The quantitative estimate of drug-likeness (QED) is 0.412. The molecule has 2 heterocycles. The van der Waals surface area contributed by atoms with Crippen LogP contribution in [-0.2, 0) is 20.8 Å². The van der Waals surface area contributed by atoms with Crippen LogP contribution < -0.4 is 5.32 Å². The number of morpholine rings is 1. The first-order chi connectivity index (χ1) is 13.3. The van der Waals surface area contributed by atoms with Crippen molar-refractivity contribution in [1.82, 2.24) is 15.1 Å². The predicted molar refractivity (Wildman–Crippen MR) is 106 cm³/mol. The average molecular weight is 377 g/mol. The maximum Gasteiger partial charge on any atom is 0.193 e. The fourth-order valence-corrected chi connectivity index (χ4v) is 3.76. The topological polar surface area (TPSA) is 58.6 Å². The maximum atomic E-state index is 6.06. The Morgan fingerprint density at radius 2 is 2.07 bits per heavy atom. The van der Waals surface area contributed by atoms with Crippen molar-refractivity contribution in [3.63, 3.8) is 0 Å². The fourth-order valence-electron chi connectivity index (χ4n) is 3.76. The molecule has 150 valence electrons. The van der Waals surface area contributed by atoms with Crippen molar-refractivity contribution in [2.45, 2.75) is 18.7 Å². The number of methoxy groups -OCH3 is 1. The minimum absolute atomic E-state index is 0.235. The second-order valence-corrected chi connectivity index (χ2v) is 6.92. The zero-order valence-electron chi connectivity index (χ0n) is 16.5. The fraction of sp³-hybridized carbons (Fsp3) is 0.650. The summed E-state index contributed by atoms with van der Waals surface area (Å²) in [6.45, 7) is 7.16. The highest BCUT2D eigenvalue weighted by molar-refractivity contribution is 5.80. The van der Waals surface area contributed by atoms with Crippen LogP contribution in [0, 0.1) is 0 Å². The number of hydrogen-bond donors (Lipinski definition) is 1. The molecular weight excluding hydrogens is 344 g/mol. The van der Waals surface area contributed by atoms with E-state index in [9.17, 15) is 0 Å². The van der Waals surface area contributed by atoms with Gasteiger partial charge < -0.3 is 24.4 Å². The van der Waals surface area contributed by atoms with E-state index in [2.05, 4.69) is 50.4 Å². The molecule has 3 rings (SSSR count). The molecule has 0 aliphatic carbocycles. The Kier molecular flexibility index (Phi) is 7.89. The molecule has 0 aromatic heterocycles. The minimum Gasteiger partial charge on any atom is -0.382 e. The molecule has 0 bridgehead atoms. The molecule has 2 aliphatic heterocycles. The Bertz CT molecular complexity index is 584.